The van der Waals surface area contributed by atoms with Crippen molar-refractivity contribution in [1.82, 2.24) is 19.4 Å². The number of nitrogens with zero attached hydrogens (tertiary/aromatic N) is 4. The third-order valence-corrected chi connectivity index (χ3v) is 4.99. The number of carbonyl (C=O) groups excluding carboxylic acids is 1. The minimum atomic E-state index is 0.0805. The molecule has 3 aromatic rings. The second-order valence-electron chi connectivity index (χ2n) is 6.59. The summed E-state index contributed by atoms with van der Waals surface area (Å²) in [6, 6.07) is 7.83. The number of piperidine rings is 1. The molecule has 1 atom stereocenters. The van der Waals surface area contributed by atoms with E-state index in [1.807, 2.05) is 41.6 Å². The van der Waals surface area contributed by atoms with Gasteiger partial charge in [-0.2, -0.15) is 0 Å². The summed E-state index contributed by atoms with van der Waals surface area (Å²) in [5, 5.41) is 0. The summed E-state index contributed by atoms with van der Waals surface area (Å²) < 4.78 is 7.53. The summed E-state index contributed by atoms with van der Waals surface area (Å²) in [7, 11) is 0. The molecule has 1 amide bonds. The van der Waals surface area contributed by atoms with Gasteiger partial charge in [-0.3, -0.25) is 4.79 Å². The molecule has 0 radical (unpaired) electrons. The highest BCUT2D eigenvalue weighted by molar-refractivity contribution is 5.94. The van der Waals surface area contributed by atoms with Crippen LogP contribution in [-0.4, -0.2) is 38.4 Å². The summed E-state index contributed by atoms with van der Waals surface area (Å²) >= 11 is 0. The molecule has 1 aliphatic rings. The van der Waals surface area contributed by atoms with Crippen LogP contribution in [0.4, 0.5) is 0 Å². The zero-order valence-corrected chi connectivity index (χ0v) is 14.8. The third kappa shape index (κ3) is 3.14. The molecule has 0 spiro atoms. The Bertz CT molecular complexity index is 868. The van der Waals surface area contributed by atoms with E-state index in [9.17, 15) is 4.79 Å². The quantitative estimate of drug-likeness (QED) is 0.721. The van der Waals surface area contributed by atoms with Gasteiger partial charge < -0.3 is 13.9 Å². The van der Waals surface area contributed by atoms with Gasteiger partial charge in [-0.25, -0.2) is 9.97 Å². The molecule has 1 fully saturated rings. The van der Waals surface area contributed by atoms with Crippen LogP contribution in [0, 0.1) is 0 Å². The second-order valence-corrected chi connectivity index (χ2v) is 6.59. The largest absolute Gasteiger partial charge is 0.444 e. The second kappa shape index (κ2) is 7.15. The van der Waals surface area contributed by atoms with Gasteiger partial charge >= 0.3 is 0 Å². The Labute approximate surface area is 152 Å². The summed E-state index contributed by atoms with van der Waals surface area (Å²) in [5.74, 6) is 1.87. The molecule has 134 valence electrons. The first kappa shape index (κ1) is 16.6. The normalized spacial score (nSPS) is 17.4. The van der Waals surface area contributed by atoms with Gasteiger partial charge in [-0.15, -0.1) is 0 Å². The average Bonchev–Trinajstić information content (AvgIpc) is 3.39. The Hall–Kier alpha value is -2.89. The minimum absolute atomic E-state index is 0.0805. The first-order valence-electron chi connectivity index (χ1n) is 9.06. The molecule has 1 aliphatic heterocycles. The van der Waals surface area contributed by atoms with Crippen LogP contribution in [0.5, 0.6) is 0 Å². The number of aryl methyl sites for hydroxylation is 1. The summed E-state index contributed by atoms with van der Waals surface area (Å²) in [5.41, 5.74) is 1.62. The van der Waals surface area contributed by atoms with E-state index in [0.29, 0.717) is 17.4 Å². The lowest BCUT2D eigenvalue weighted by Gasteiger charge is -2.34. The number of hydrogen-bond donors (Lipinski definition) is 0. The van der Waals surface area contributed by atoms with Crippen LogP contribution in [0.15, 0.2) is 53.7 Å². The van der Waals surface area contributed by atoms with E-state index >= 15 is 0 Å². The zero-order chi connectivity index (χ0) is 17.9. The molecular weight excluding hydrogens is 328 g/mol. The molecule has 6 nitrogen and oxygen atoms in total. The monoisotopic (exact) mass is 350 g/mol. The summed E-state index contributed by atoms with van der Waals surface area (Å²) in [4.78, 5) is 23.2. The van der Waals surface area contributed by atoms with E-state index in [-0.39, 0.29) is 5.91 Å². The van der Waals surface area contributed by atoms with Gasteiger partial charge in [-0.1, -0.05) is 19.1 Å². The number of likely N-dealkylation sites (tertiary alicyclic amines) is 1. The van der Waals surface area contributed by atoms with Crippen molar-refractivity contribution in [3.05, 3.63) is 60.6 Å². The number of hydrogen-bond acceptors (Lipinski definition) is 4. The third-order valence-electron chi connectivity index (χ3n) is 4.99. The molecule has 1 aromatic carbocycles. The van der Waals surface area contributed by atoms with Crippen LogP contribution in [0.25, 0.3) is 11.3 Å². The van der Waals surface area contributed by atoms with Crippen molar-refractivity contribution in [3.8, 4) is 11.3 Å². The maximum atomic E-state index is 12.9. The maximum absolute atomic E-state index is 12.9. The molecule has 6 heteroatoms. The standard InChI is InChI=1S/C20H22N4O2/c1-2-19-22-9-11-24(19)17-4-3-10-23(13-17)20(25)16-7-5-15(6-8-16)18-12-21-14-26-18/h5-9,11-12,14,17H,2-4,10,13H2,1H3. The topological polar surface area (TPSA) is 64.2 Å². The number of aromatic nitrogens is 3. The first-order valence-corrected chi connectivity index (χ1v) is 9.06. The van der Waals surface area contributed by atoms with Gasteiger partial charge in [0.2, 0.25) is 0 Å². The van der Waals surface area contributed by atoms with Gasteiger partial charge in [0, 0.05) is 43.0 Å². The number of carbonyl (C=O) groups is 1. The predicted molar refractivity (Wildman–Crippen MR) is 97.7 cm³/mol. The van der Waals surface area contributed by atoms with Gasteiger partial charge in [0.1, 0.15) is 5.82 Å². The number of rotatable bonds is 4. The first-order chi connectivity index (χ1) is 12.8. The van der Waals surface area contributed by atoms with Crippen LogP contribution >= 0.6 is 0 Å². The van der Waals surface area contributed by atoms with Crippen LogP contribution in [0.1, 0.15) is 42.0 Å². The van der Waals surface area contributed by atoms with Crippen molar-refractivity contribution >= 4 is 5.91 Å². The van der Waals surface area contributed by atoms with Crippen LogP contribution < -0.4 is 0 Å². The fourth-order valence-corrected chi connectivity index (χ4v) is 3.63. The molecule has 0 saturated carbocycles. The lowest BCUT2D eigenvalue weighted by atomic mass is 10.0. The van der Waals surface area contributed by atoms with E-state index in [1.165, 1.54) is 6.39 Å². The molecule has 2 aromatic heterocycles. The summed E-state index contributed by atoms with van der Waals surface area (Å²) in [6.07, 6.45) is 9.95. The van der Waals surface area contributed by atoms with Gasteiger partial charge in [0.05, 0.1) is 12.2 Å². The highest BCUT2D eigenvalue weighted by Crippen LogP contribution is 2.25. The number of amides is 1. The van der Waals surface area contributed by atoms with E-state index < -0.39 is 0 Å². The Kier molecular flexibility index (Phi) is 4.56. The molecule has 1 unspecified atom stereocenters. The molecule has 0 N–H and O–H groups in total. The predicted octanol–water partition coefficient (Wildman–Crippen LogP) is 3.58. The fraction of sp³-hybridized carbons (Fsp3) is 0.350. The van der Waals surface area contributed by atoms with Crippen molar-refractivity contribution < 1.29 is 9.21 Å². The Morgan fingerprint density at radius 1 is 1.31 bits per heavy atom. The SMILES string of the molecule is CCc1nccn1C1CCCN(C(=O)c2ccc(-c3cnco3)cc2)C1. The summed E-state index contributed by atoms with van der Waals surface area (Å²) in [6.45, 7) is 3.64. The lowest BCUT2D eigenvalue weighted by Crippen LogP contribution is -2.40. The fourth-order valence-electron chi connectivity index (χ4n) is 3.63. The van der Waals surface area contributed by atoms with Crippen molar-refractivity contribution in [3.63, 3.8) is 0 Å². The molecule has 0 aliphatic carbocycles. The van der Waals surface area contributed by atoms with Crippen molar-refractivity contribution in [2.45, 2.75) is 32.2 Å². The van der Waals surface area contributed by atoms with Crippen molar-refractivity contribution in [2.75, 3.05) is 13.1 Å². The van der Waals surface area contributed by atoms with Gasteiger partial charge in [0.25, 0.3) is 5.91 Å². The van der Waals surface area contributed by atoms with Gasteiger partial charge in [0.15, 0.2) is 12.2 Å². The molecule has 1 saturated heterocycles. The Balaban J connectivity index is 1.49. The van der Waals surface area contributed by atoms with Crippen LogP contribution in [-0.2, 0) is 6.42 Å². The average molecular weight is 350 g/mol. The molecular formula is C20H22N4O2. The molecule has 4 rings (SSSR count). The van der Waals surface area contributed by atoms with Crippen molar-refractivity contribution in [1.29, 1.82) is 0 Å². The highest BCUT2D eigenvalue weighted by atomic mass is 16.3. The van der Waals surface area contributed by atoms with E-state index in [4.69, 9.17) is 4.42 Å². The number of imidazole rings is 1. The Morgan fingerprint density at radius 2 is 2.15 bits per heavy atom. The smallest absolute Gasteiger partial charge is 0.253 e. The van der Waals surface area contributed by atoms with E-state index in [0.717, 1.165) is 43.7 Å². The molecule has 3 heterocycles. The highest BCUT2D eigenvalue weighted by Gasteiger charge is 2.26. The van der Waals surface area contributed by atoms with E-state index in [1.54, 1.807) is 6.20 Å². The zero-order valence-electron chi connectivity index (χ0n) is 14.8. The Morgan fingerprint density at radius 3 is 2.88 bits per heavy atom. The molecule has 0 bridgehead atoms. The van der Waals surface area contributed by atoms with Crippen molar-refractivity contribution in [2.24, 2.45) is 0 Å². The number of benzene rings is 1. The van der Waals surface area contributed by atoms with Gasteiger partial charge in [-0.05, 0) is 25.0 Å². The maximum Gasteiger partial charge on any atom is 0.253 e. The number of oxazole rings is 1. The lowest BCUT2D eigenvalue weighted by molar-refractivity contribution is 0.0678. The minimum Gasteiger partial charge on any atom is -0.444 e. The van der Waals surface area contributed by atoms with Crippen LogP contribution in [0.2, 0.25) is 0 Å². The van der Waals surface area contributed by atoms with E-state index in [2.05, 4.69) is 21.5 Å². The molecule has 26 heavy (non-hydrogen) atoms. The van der Waals surface area contributed by atoms with Crippen LogP contribution in [0.3, 0.4) is 0 Å².